The number of hydrogen-bond donors (Lipinski definition) is 0. The molecule has 0 spiro atoms. The number of piperidine rings is 1. The fourth-order valence-corrected chi connectivity index (χ4v) is 4.00. The predicted molar refractivity (Wildman–Crippen MR) is 75.9 cm³/mol. The Balaban J connectivity index is 2.00. The molecule has 1 aliphatic heterocycles. The third-order valence-electron chi connectivity index (χ3n) is 3.44. The second-order valence-corrected chi connectivity index (χ2v) is 6.32. The van der Waals surface area contributed by atoms with E-state index < -0.39 is 0 Å². The van der Waals surface area contributed by atoms with Gasteiger partial charge in [0, 0.05) is 10.5 Å². The van der Waals surface area contributed by atoms with Crippen molar-refractivity contribution in [3.63, 3.8) is 0 Å². The number of thiophene rings is 1. The maximum absolute atomic E-state index is 12.2. The van der Waals surface area contributed by atoms with Crippen molar-refractivity contribution in [1.82, 2.24) is 4.90 Å². The number of ketones is 1. The Bertz CT molecular complexity index is 391. The number of carbonyl (C=O) groups excluding carboxylic acids is 1. The van der Waals surface area contributed by atoms with E-state index in [4.69, 9.17) is 0 Å². The molecule has 94 valence electrons. The maximum atomic E-state index is 12.2. The van der Waals surface area contributed by atoms with Gasteiger partial charge in [0.1, 0.15) is 0 Å². The monoisotopic (exact) mass is 315 g/mol. The number of hydrogen-bond acceptors (Lipinski definition) is 3. The molecule has 1 saturated heterocycles. The zero-order valence-electron chi connectivity index (χ0n) is 10.1. The lowest BCUT2D eigenvalue weighted by molar-refractivity contribution is 0.0841. The molecular formula is C13H18BrNOS. The molecule has 0 N–H and O–H groups in total. The Kier molecular flexibility index (Phi) is 4.77. The Morgan fingerprint density at radius 2 is 2.41 bits per heavy atom. The number of nitrogens with zero attached hydrogens (tertiary/aromatic N) is 1. The van der Waals surface area contributed by atoms with Crippen LogP contribution >= 0.6 is 27.3 Å². The highest BCUT2D eigenvalue weighted by molar-refractivity contribution is 9.10. The topological polar surface area (TPSA) is 20.3 Å². The van der Waals surface area contributed by atoms with Crippen LogP contribution in [-0.2, 0) is 0 Å². The van der Waals surface area contributed by atoms with Crippen molar-refractivity contribution in [1.29, 1.82) is 0 Å². The van der Waals surface area contributed by atoms with Crippen LogP contribution in [0.1, 0.15) is 42.3 Å². The summed E-state index contributed by atoms with van der Waals surface area (Å²) in [7, 11) is 0. The highest BCUT2D eigenvalue weighted by Crippen LogP contribution is 2.25. The number of halogens is 1. The van der Waals surface area contributed by atoms with Gasteiger partial charge in [-0.1, -0.05) is 13.3 Å². The Labute approximate surface area is 115 Å². The molecule has 1 aromatic rings. The van der Waals surface area contributed by atoms with Crippen LogP contribution < -0.4 is 0 Å². The summed E-state index contributed by atoms with van der Waals surface area (Å²) in [5.74, 6) is 0.257. The van der Waals surface area contributed by atoms with E-state index in [0.29, 0.717) is 12.6 Å². The molecule has 1 aliphatic rings. The van der Waals surface area contributed by atoms with Crippen LogP contribution in [0, 0.1) is 0 Å². The van der Waals surface area contributed by atoms with Gasteiger partial charge in [0.25, 0.3) is 0 Å². The molecule has 1 atom stereocenters. The van der Waals surface area contributed by atoms with Crippen molar-refractivity contribution in [2.24, 2.45) is 0 Å². The lowest BCUT2D eigenvalue weighted by atomic mass is 10.00. The maximum Gasteiger partial charge on any atom is 0.187 e. The molecule has 0 amide bonds. The zero-order valence-corrected chi connectivity index (χ0v) is 12.5. The van der Waals surface area contributed by atoms with Crippen molar-refractivity contribution < 1.29 is 4.79 Å². The first-order valence-electron chi connectivity index (χ1n) is 6.22. The van der Waals surface area contributed by atoms with Crippen molar-refractivity contribution >= 4 is 33.0 Å². The van der Waals surface area contributed by atoms with Crippen molar-refractivity contribution in [2.45, 2.75) is 38.6 Å². The smallest absolute Gasteiger partial charge is 0.187 e. The number of Topliss-reactive ketones (excluding diaryl/α,β-unsaturated/α-hetero) is 1. The van der Waals surface area contributed by atoms with E-state index in [1.54, 1.807) is 0 Å². The minimum atomic E-state index is 0.257. The van der Waals surface area contributed by atoms with E-state index in [2.05, 4.69) is 27.8 Å². The van der Waals surface area contributed by atoms with E-state index >= 15 is 0 Å². The average Bonchev–Trinajstić information content (AvgIpc) is 2.76. The minimum Gasteiger partial charge on any atom is -0.293 e. The SMILES string of the molecule is CCC1CCCCN1CC(=O)c1sccc1Br. The summed E-state index contributed by atoms with van der Waals surface area (Å²) in [6.45, 7) is 3.87. The summed E-state index contributed by atoms with van der Waals surface area (Å²) in [4.78, 5) is 15.4. The van der Waals surface area contributed by atoms with Crippen LogP contribution in [0.15, 0.2) is 15.9 Å². The van der Waals surface area contributed by atoms with Gasteiger partial charge < -0.3 is 0 Å². The second-order valence-electron chi connectivity index (χ2n) is 4.55. The Morgan fingerprint density at radius 3 is 3.06 bits per heavy atom. The van der Waals surface area contributed by atoms with Gasteiger partial charge in [-0.2, -0.15) is 0 Å². The lowest BCUT2D eigenvalue weighted by Crippen LogP contribution is -2.42. The molecule has 2 rings (SSSR count). The van der Waals surface area contributed by atoms with Gasteiger partial charge in [-0.3, -0.25) is 9.69 Å². The third kappa shape index (κ3) is 3.18. The molecule has 2 heterocycles. The summed E-state index contributed by atoms with van der Waals surface area (Å²) in [5.41, 5.74) is 0. The lowest BCUT2D eigenvalue weighted by Gasteiger charge is -2.34. The first kappa shape index (κ1) is 13.2. The van der Waals surface area contributed by atoms with Gasteiger partial charge in [-0.25, -0.2) is 0 Å². The largest absolute Gasteiger partial charge is 0.293 e. The second kappa shape index (κ2) is 6.12. The standard InChI is InChI=1S/C13H18BrNOS/c1-2-10-5-3-4-7-15(10)9-12(16)13-11(14)6-8-17-13/h6,8,10H,2-5,7,9H2,1H3. The highest BCUT2D eigenvalue weighted by atomic mass is 79.9. The van der Waals surface area contributed by atoms with Crippen LogP contribution in [-0.4, -0.2) is 29.8 Å². The zero-order chi connectivity index (χ0) is 12.3. The van der Waals surface area contributed by atoms with Crippen LogP contribution in [0.3, 0.4) is 0 Å². The summed E-state index contributed by atoms with van der Waals surface area (Å²) >= 11 is 4.97. The number of likely N-dealkylation sites (tertiary alicyclic amines) is 1. The molecule has 0 saturated carbocycles. The van der Waals surface area contributed by atoms with Crippen molar-refractivity contribution in [2.75, 3.05) is 13.1 Å². The molecule has 1 unspecified atom stereocenters. The van der Waals surface area contributed by atoms with Crippen LogP contribution in [0.25, 0.3) is 0 Å². The molecule has 0 bridgehead atoms. The van der Waals surface area contributed by atoms with E-state index in [-0.39, 0.29) is 5.78 Å². The molecule has 0 aliphatic carbocycles. The fourth-order valence-electron chi connectivity index (χ4n) is 2.48. The predicted octanol–water partition coefficient (Wildman–Crippen LogP) is 3.96. The first-order valence-corrected chi connectivity index (χ1v) is 7.90. The summed E-state index contributed by atoms with van der Waals surface area (Å²) < 4.78 is 0.942. The van der Waals surface area contributed by atoms with E-state index in [0.717, 1.165) is 22.3 Å². The van der Waals surface area contributed by atoms with E-state index in [9.17, 15) is 4.79 Å². The summed E-state index contributed by atoms with van der Waals surface area (Å²) in [6, 6.07) is 2.55. The van der Waals surface area contributed by atoms with Gasteiger partial charge in [0.05, 0.1) is 11.4 Å². The van der Waals surface area contributed by atoms with Crippen LogP contribution in [0.4, 0.5) is 0 Å². The molecule has 4 heteroatoms. The fraction of sp³-hybridized carbons (Fsp3) is 0.615. The molecule has 2 nitrogen and oxygen atoms in total. The molecule has 17 heavy (non-hydrogen) atoms. The van der Waals surface area contributed by atoms with Gasteiger partial charge in [0.2, 0.25) is 0 Å². The van der Waals surface area contributed by atoms with Gasteiger partial charge >= 0.3 is 0 Å². The van der Waals surface area contributed by atoms with E-state index in [1.165, 1.54) is 30.6 Å². The summed E-state index contributed by atoms with van der Waals surface area (Å²) in [6.07, 6.45) is 4.94. The van der Waals surface area contributed by atoms with Gasteiger partial charge in [-0.15, -0.1) is 11.3 Å². The first-order chi connectivity index (χ1) is 8.22. The molecular weight excluding hydrogens is 298 g/mol. The number of rotatable bonds is 4. The van der Waals surface area contributed by atoms with Gasteiger partial charge in [-0.05, 0) is 53.2 Å². The molecule has 1 aromatic heterocycles. The van der Waals surface area contributed by atoms with Crippen LogP contribution in [0.5, 0.6) is 0 Å². The summed E-state index contributed by atoms with van der Waals surface area (Å²) in [5, 5.41) is 1.96. The average molecular weight is 316 g/mol. The van der Waals surface area contributed by atoms with Crippen molar-refractivity contribution in [3.8, 4) is 0 Å². The number of carbonyl (C=O) groups is 1. The Hall–Kier alpha value is -0.190. The van der Waals surface area contributed by atoms with Crippen molar-refractivity contribution in [3.05, 3.63) is 20.8 Å². The molecule has 0 aromatic carbocycles. The molecule has 0 radical (unpaired) electrons. The normalized spacial score (nSPS) is 21.6. The Morgan fingerprint density at radius 1 is 1.59 bits per heavy atom. The van der Waals surface area contributed by atoms with Gasteiger partial charge in [0.15, 0.2) is 5.78 Å². The molecule has 1 fully saturated rings. The minimum absolute atomic E-state index is 0.257. The van der Waals surface area contributed by atoms with Crippen LogP contribution in [0.2, 0.25) is 0 Å². The van der Waals surface area contributed by atoms with E-state index in [1.807, 2.05) is 11.4 Å². The highest BCUT2D eigenvalue weighted by Gasteiger charge is 2.24. The quantitative estimate of drug-likeness (QED) is 0.784. The third-order valence-corrected chi connectivity index (χ3v) is 5.32.